The number of carbonyl (C=O) groups is 2. The van der Waals surface area contributed by atoms with E-state index in [2.05, 4.69) is 5.32 Å². The second-order valence-electron chi connectivity index (χ2n) is 4.49. The fraction of sp³-hybridized carbons (Fsp3) is 0.250. The molecule has 5 heteroatoms. The Morgan fingerprint density at radius 3 is 2.62 bits per heavy atom. The summed E-state index contributed by atoms with van der Waals surface area (Å²) in [4.78, 5) is 23.3. The first-order valence-corrected chi connectivity index (χ1v) is 6.83. The molecular formula is C16H18N2O3. The van der Waals surface area contributed by atoms with Crippen LogP contribution in [0.3, 0.4) is 0 Å². The van der Waals surface area contributed by atoms with Crippen molar-refractivity contribution in [3.8, 4) is 0 Å². The Morgan fingerprint density at radius 1 is 1.14 bits per heavy atom. The number of nitrogens with one attached hydrogen (secondary N) is 1. The van der Waals surface area contributed by atoms with Crippen LogP contribution in [-0.4, -0.2) is 29.6 Å². The van der Waals surface area contributed by atoms with Crippen molar-refractivity contribution in [2.75, 3.05) is 13.2 Å². The molecule has 0 fully saturated rings. The lowest BCUT2D eigenvalue weighted by Crippen LogP contribution is -2.32. The van der Waals surface area contributed by atoms with Crippen molar-refractivity contribution in [2.45, 2.75) is 13.5 Å². The Bertz CT molecular complexity index is 605. The van der Waals surface area contributed by atoms with Gasteiger partial charge in [-0.1, -0.05) is 30.3 Å². The fourth-order valence-corrected chi connectivity index (χ4v) is 1.99. The molecule has 0 atom stereocenters. The van der Waals surface area contributed by atoms with E-state index in [1.807, 2.05) is 47.2 Å². The molecule has 1 N–H and O–H groups in total. The average Bonchev–Trinajstić information content (AvgIpc) is 2.94. The largest absolute Gasteiger partial charge is 0.465 e. The third-order valence-electron chi connectivity index (χ3n) is 2.96. The maximum absolute atomic E-state index is 12.1. The van der Waals surface area contributed by atoms with Crippen molar-refractivity contribution in [1.29, 1.82) is 0 Å². The summed E-state index contributed by atoms with van der Waals surface area (Å²) in [5.41, 5.74) is 1.62. The molecule has 1 aromatic heterocycles. The van der Waals surface area contributed by atoms with Crippen molar-refractivity contribution >= 4 is 11.9 Å². The van der Waals surface area contributed by atoms with Gasteiger partial charge in [0.15, 0.2) is 0 Å². The minimum atomic E-state index is -0.438. The van der Waals surface area contributed by atoms with Crippen LogP contribution in [0.5, 0.6) is 0 Å². The van der Waals surface area contributed by atoms with Gasteiger partial charge in [0.05, 0.1) is 6.61 Å². The van der Waals surface area contributed by atoms with Crippen molar-refractivity contribution in [1.82, 2.24) is 9.88 Å². The van der Waals surface area contributed by atoms with E-state index in [0.717, 1.165) is 5.56 Å². The maximum atomic E-state index is 12.1. The zero-order valence-corrected chi connectivity index (χ0v) is 11.9. The molecular weight excluding hydrogens is 268 g/mol. The lowest BCUT2D eigenvalue weighted by Gasteiger charge is -2.09. The molecule has 5 nitrogen and oxygen atoms in total. The van der Waals surface area contributed by atoms with E-state index in [9.17, 15) is 9.59 Å². The van der Waals surface area contributed by atoms with E-state index in [1.54, 1.807) is 13.0 Å². The molecule has 0 saturated carbocycles. The predicted octanol–water partition coefficient (Wildman–Crippen LogP) is 1.83. The second kappa shape index (κ2) is 7.28. The third-order valence-corrected chi connectivity index (χ3v) is 2.96. The zero-order valence-electron chi connectivity index (χ0n) is 11.9. The summed E-state index contributed by atoms with van der Waals surface area (Å²) in [6.45, 7) is 2.52. The highest BCUT2D eigenvalue weighted by Gasteiger charge is 2.12. The van der Waals surface area contributed by atoms with Crippen LogP contribution in [0.15, 0.2) is 48.7 Å². The molecule has 0 saturated heterocycles. The van der Waals surface area contributed by atoms with Gasteiger partial charge >= 0.3 is 5.97 Å². The van der Waals surface area contributed by atoms with Crippen LogP contribution >= 0.6 is 0 Å². The molecule has 0 aliphatic rings. The van der Waals surface area contributed by atoms with Crippen LogP contribution in [0.4, 0.5) is 0 Å². The molecule has 0 radical (unpaired) electrons. The first-order valence-electron chi connectivity index (χ1n) is 6.83. The molecule has 110 valence electrons. The van der Waals surface area contributed by atoms with Gasteiger partial charge in [0, 0.05) is 12.7 Å². The standard InChI is InChI=1S/C16H18N2O3/c1-2-21-15(19)11-17-16(20)14-9-6-10-18(14)12-13-7-4-3-5-8-13/h3-10H,2,11-12H2,1H3,(H,17,20). The molecule has 1 aromatic carbocycles. The summed E-state index contributed by atoms with van der Waals surface area (Å²) in [6.07, 6.45) is 1.84. The highest BCUT2D eigenvalue weighted by molar-refractivity contribution is 5.94. The summed E-state index contributed by atoms with van der Waals surface area (Å²) < 4.78 is 6.62. The Labute approximate surface area is 123 Å². The topological polar surface area (TPSA) is 60.3 Å². The Morgan fingerprint density at radius 2 is 1.90 bits per heavy atom. The van der Waals surface area contributed by atoms with Gasteiger partial charge in [-0.15, -0.1) is 0 Å². The van der Waals surface area contributed by atoms with E-state index in [0.29, 0.717) is 18.8 Å². The van der Waals surface area contributed by atoms with Gasteiger partial charge < -0.3 is 14.6 Å². The Balaban J connectivity index is 1.99. The summed E-state index contributed by atoms with van der Waals surface area (Å²) in [5, 5.41) is 2.56. The number of benzene rings is 1. The van der Waals surface area contributed by atoms with Gasteiger partial charge in [0.25, 0.3) is 5.91 Å². The average molecular weight is 286 g/mol. The van der Waals surface area contributed by atoms with Crippen LogP contribution < -0.4 is 5.32 Å². The van der Waals surface area contributed by atoms with Gasteiger partial charge in [0.1, 0.15) is 12.2 Å². The molecule has 0 aliphatic carbocycles. The molecule has 0 aliphatic heterocycles. The smallest absolute Gasteiger partial charge is 0.325 e. The summed E-state index contributed by atoms with van der Waals surface area (Å²) >= 11 is 0. The maximum Gasteiger partial charge on any atom is 0.325 e. The second-order valence-corrected chi connectivity index (χ2v) is 4.49. The molecule has 2 rings (SSSR count). The third kappa shape index (κ3) is 4.21. The monoisotopic (exact) mass is 286 g/mol. The predicted molar refractivity (Wildman–Crippen MR) is 78.9 cm³/mol. The van der Waals surface area contributed by atoms with Crippen molar-refractivity contribution in [3.05, 3.63) is 59.9 Å². The van der Waals surface area contributed by atoms with E-state index in [-0.39, 0.29) is 12.5 Å². The van der Waals surface area contributed by atoms with Gasteiger partial charge in [0.2, 0.25) is 0 Å². The fourth-order valence-electron chi connectivity index (χ4n) is 1.99. The van der Waals surface area contributed by atoms with Crippen LogP contribution in [0.25, 0.3) is 0 Å². The number of amides is 1. The Kier molecular flexibility index (Phi) is 5.15. The number of ether oxygens (including phenoxy) is 1. The van der Waals surface area contributed by atoms with Gasteiger partial charge in [-0.3, -0.25) is 9.59 Å². The minimum absolute atomic E-state index is 0.122. The molecule has 0 unspecified atom stereocenters. The van der Waals surface area contributed by atoms with Crippen molar-refractivity contribution < 1.29 is 14.3 Å². The minimum Gasteiger partial charge on any atom is -0.465 e. The number of esters is 1. The van der Waals surface area contributed by atoms with Gasteiger partial charge in [-0.25, -0.2) is 0 Å². The summed E-state index contributed by atoms with van der Waals surface area (Å²) in [6, 6.07) is 13.4. The Hall–Kier alpha value is -2.56. The van der Waals surface area contributed by atoms with Gasteiger partial charge in [-0.2, -0.15) is 0 Å². The highest BCUT2D eigenvalue weighted by Crippen LogP contribution is 2.07. The van der Waals surface area contributed by atoms with Crippen molar-refractivity contribution in [3.63, 3.8) is 0 Å². The number of hydrogen-bond donors (Lipinski definition) is 1. The van der Waals surface area contributed by atoms with Crippen LogP contribution in [0.1, 0.15) is 23.0 Å². The van der Waals surface area contributed by atoms with Gasteiger partial charge in [-0.05, 0) is 24.6 Å². The van der Waals surface area contributed by atoms with Crippen LogP contribution in [0.2, 0.25) is 0 Å². The lowest BCUT2D eigenvalue weighted by atomic mass is 10.2. The van der Waals surface area contributed by atoms with Crippen molar-refractivity contribution in [2.24, 2.45) is 0 Å². The van der Waals surface area contributed by atoms with Crippen LogP contribution in [-0.2, 0) is 16.1 Å². The first kappa shape index (κ1) is 14.8. The summed E-state index contributed by atoms with van der Waals surface area (Å²) in [7, 11) is 0. The number of rotatable bonds is 6. The first-order chi connectivity index (χ1) is 10.2. The lowest BCUT2D eigenvalue weighted by molar-refractivity contribution is -0.141. The number of carbonyl (C=O) groups excluding carboxylic acids is 2. The number of nitrogens with zero attached hydrogens (tertiary/aromatic N) is 1. The highest BCUT2D eigenvalue weighted by atomic mass is 16.5. The number of aromatic nitrogens is 1. The molecule has 0 spiro atoms. The van der Waals surface area contributed by atoms with E-state index in [4.69, 9.17) is 4.74 Å². The zero-order chi connectivity index (χ0) is 15.1. The molecule has 1 heterocycles. The van der Waals surface area contributed by atoms with E-state index in [1.165, 1.54) is 0 Å². The molecule has 2 aromatic rings. The number of hydrogen-bond acceptors (Lipinski definition) is 3. The summed E-state index contributed by atoms with van der Waals surface area (Å²) in [5.74, 6) is -0.726. The van der Waals surface area contributed by atoms with E-state index >= 15 is 0 Å². The molecule has 0 bridgehead atoms. The molecule has 21 heavy (non-hydrogen) atoms. The van der Waals surface area contributed by atoms with E-state index < -0.39 is 5.97 Å². The van der Waals surface area contributed by atoms with Crippen LogP contribution in [0, 0.1) is 0 Å². The molecule has 1 amide bonds. The normalized spacial score (nSPS) is 10.1. The quantitative estimate of drug-likeness (QED) is 0.824. The SMILES string of the molecule is CCOC(=O)CNC(=O)c1cccn1Cc1ccccc1.